The maximum Gasteiger partial charge on any atom is 0.239 e. The van der Waals surface area contributed by atoms with Crippen molar-refractivity contribution in [1.82, 2.24) is 5.32 Å². The van der Waals surface area contributed by atoms with E-state index in [1.54, 1.807) is 0 Å². The van der Waals surface area contributed by atoms with Crippen molar-refractivity contribution >= 4 is 34.2 Å². The zero-order valence-electron chi connectivity index (χ0n) is 10.5. The van der Waals surface area contributed by atoms with Gasteiger partial charge in [0.1, 0.15) is 0 Å². The number of carbonyl (C=O) groups excluding carboxylic acids is 1. The van der Waals surface area contributed by atoms with Crippen molar-refractivity contribution in [3.05, 3.63) is 27.8 Å². The van der Waals surface area contributed by atoms with E-state index in [1.807, 2.05) is 31.2 Å². The van der Waals surface area contributed by atoms with Crippen molar-refractivity contribution in [1.29, 1.82) is 0 Å². The molecule has 0 aliphatic heterocycles. The van der Waals surface area contributed by atoms with E-state index in [4.69, 9.17) is 0 Å². The maximum absolute atomic E-state index is 11.7. The zero-order chi connectivity index (χ0) is 12.8. The highest BCUT2D eigenvalue weighted by Gasteiger charge is 2.10. The lowest BCUT2D eigenvalue weighted by Gasteiger charge is -2.18. The number of rotatable bonds is 5. The average molecular weight is 346 g/mol. The van der Waals surface area contributed by atoms with Crippen LogP contribution in [0.3, 0.4) is 0 Å². The predicted octanol–water partition coefficient (Wildman–Crippen LogP) is 2.86. The topological polar surface area (TPSA) is 41.1 Å². The number of halogens is 1. The molecule has 1 rings (SSSR count). The molecule has 4 heteroatoms. The summed E-state index contributed by atoms with van der Waals surface area (Å²) in [6.07, 6.45) is 0. The first-order chi connectivity index (χ1) is 8.00. The SMILES string of the molecule is CC(C)C(C)NC(=O)CNc1ccccc1I. The van der Waals surface area contributed by atoms with Crippen LogP contribution in [0.15, 0.2) is 24.3 Å². The highest BCUT2D eigenvalue weighted by Crippen LogP contribution is 2.16. The third-order valence-corrected chi connectivity index (χ3v) is 3.64. The molecule has 0 heterocycles. The molecule has 1 aromatic rings. The Morgan fingerprint density at radius 2 is 1.94 bits per heavy atom. The molecule has 0 saturated carbocycles. The van der Waals surface area contributed by atoms with Crippen LogP contribution in [-0.2, 0) is 4.79 Å². The van der Waals surface area contributed by atoms with Gasteiger partial charge >= 0.3 is 0 Å². The number of benzene rings is 1. The fourth-order valence-corrected chi connectivity index (χ4v) is 1.83. The number of anilines is 1. The van der Waals surface area contributed by atoms with Gasteiger partial charge in [0, 0.05) is 15.3 Å². The van der Waals surface area contributed by atoms with Crippen LogP contribution < -0.4 is 10.6 Å². The average Bonchev–Trinajstić information content (AvgIpc) is 2.27. The van der Waals surface area contributed by atoms with Crippen molar-refractivity contribution in [3.63, 3.8) is 0 Å². The van der Waals surface area contributed by atoms with Gasteiger partial charge in [0.25, 0.3) is 0 Å². The highest BCUT2D eigenvalue weighted by molar-refractivity contribution is 14.1. The monoisotopic (exact) mass is 346 g/mol. The molecule has 0 aliphatic rings. The van der Waals surface area contributed by atoms with Crippen LogP contribution >= 0.6 is 22.6 Å². The molecule has 0 fully saturated rings. The molecule has 3 nitrogen and oxygen atoms in total. The summed E-state index contributed by atoms with van der Waals surface area (Å²) in [6, 6.07) is 8.13. The van der Waals surface area contributed by atoms with E-state index in [0.29, 0.717) is 12.5 Å². The van der Waals surface area contributed by atoms with E-state index in [9.17, 15) is 4.79 Å². The summed E-state index contributed by atoms with van der Waals surface area (Å²) in [6.45, 7) is 6.53. The number of hydrogen-bond acceptors (Lipinski definition) is 2. The summed E-state index contributed by atoms with van der Waals surface area (Å²) < 4.78 is 1.12. The molecule has 0 saturated heterocycles. The number of nitrogens with one attached hydrogen (secondary N) is 2. The first-order valence-electron chi connectivity index (χ1n) is 5.78. The summed E-state index contributed by atoms with van der Waals surface area (Å²) in [5.41, 5.74) is 1.00. The molecule has 0 bridgehead atoms. The highest BCUT2D eigenvalue weighted by atomic mass is 127. The number of para-hydroxylation sites is 1. The van der Waals surface area contributed by atoms with Crippen LogP contribution in [-0.4, -0.2) is 18.5 Å². The van der Waals surface area contributed by atoms with Crippen molar-refractivity contribution in [2.24, 2.45) is 5.92 Å². The standard InChI is InChI=1S/C13H19IN2O/c1-9(2)10(3)16-13(17)8-15-12-7-5-4-6-11(12)14/h4-7,9-10,15H,8H2,1-3H3,(H,16,17). The van der Waals surface area contributed by atoms with E-state index >= 15 is 0 Å². The van der Waals surface area contributed by atoms with Gasteiger partial charge in [0.15, 0.2) is 0 Å². The van der Waals surface area contributed by atoms with Crippen LogP contribution in [0.1, 0.15) is 20.8 Å². The van der Waals surface area contributed by atoms with Crippen LogP contribution in [0.25, 0.3) is 0 Å². The van der Waals surface area contributed by atoms with Crippen LogP contribution in [0.2, 0.25) is 0 Å². The first-order valence-corrected chi connectivity index (χ1v) is 6.86. The van der Waals surface area contributed by atoms with Gasteiger partial charge in [-0.3, -0.25) is 4.79 Å². The van der Waals surface area contributed by atoms with E-state index < -0.39 is 0 Å². The predicted molar refractivity (Wildman–Crippen MR) is 80.1 cm³/mol. The Morgan fingerprint density at radius 1 is 1.29 bits per heavy atom. The summed E-state index contributed by atoms with van der Waals surface area (Å²) >= 11 is 2.25. The van der Waals surface area contributed by atoms with Gasteiger partial charge < -0.3 is 10.6 Å². The van der Waals surface area contributed by atoms with Gasteiger partial charge in [0.05, 0.1) is 6.54 Å². The quantitative estimate of drug-likeness (QED) is 0.805. The molecule has 0 radical (unpaired) electrons. The van der Waals surface area contributed by atoms with Gasteiger partial charge in [0.2, 0.25) is 5.91 Å². The first kappa shape index (κ1) is 14.3. The molecule has 17 heavy (non-hydrogen) atoms. The van der Waals surface area contributed by atoms with Gasteiger partial charge in [-0.2, -0.15) is 0 Å². The molecule has 1 amide bonds. The molecule has 1 unspecified atom stereocenters. The van der Waals surface area contributed by atoms with Crippen LogP contribution in [0, 0.1) is 9.49 Å². The third kappa shape index (κ3) is 4.93. The van der Waals surface area contributed by atoms with Crippen molar-refractivity contribution in [2.75, 3.05) is 11.9 Å². The van der Waals surface area contributed by atoms with Crippen molar-refractivity contribution in [2.45, 2.75) is 26.8 Å². The molecule has 0 aliphatic carbocycles. The van der Waals surface area contributed by atoms with Gasteiger partial charge in [-0.25, -0.2) is 0 Å². The normalized spacial score (nSPS) is 12.3. The lowest BCUT2D eigenvalue weighted by molar-refractivity contribution is -0.120. The minimum atomic E-state index is 0.0332. The second-order valence-electron chi connectivity index (χ2n) is 4.43. The lowest BCUT2D eigenvalue weighted by Crippen LogP contribution is -2.39. The number of hydrogen-bond donors (Lipinski definition) is 2. The zero-order valence-corrected chi connectivity index (χ0v) is 12.6. The Balaban J connectivity index is 2.41. The fourth-order valence-electron chi connectivity index (χ4n) is 1.25. The van der Waals surface area contributed by atoms with Crippen LogP contribution in [0.4, 0.5) is 5.69 Å². The summed E-state index contributed by atoms with van der Waals surface area (Å²) in [7, 11) is 0. The van der Waals surface area contributed by atoms with E-state index in [2.05, 4.69) is 47.1 Å². The Bertz CT molecular complexity index is 379. The molecular weight excluding hydrogens is 327 g/mol. The van der Waals surface area contributed by atoms with Gasteiger partial charge in [-0.15, -0.1) is 0 Å². The van der Waals surface area contributed by atoms with Gasteiger partial charge in [-0.1, -0.05) is 26.0 Å². The second kappa shape index (κ2) is 6.83. The molecular formula is C13H19IN2O. The van der Waals surface area contributed by atoms with E-state index in [1.165, 1.54) is 0 Å². The Hall–Kier alpha value is -0.780. The van der Waals surface area contributed by atoms with E-state index in [0.717, 1.165) is 9.26 Å². The Kier molecular flexibility index (Phi) is 5.74. The summed E-state index contributed by atoms with van der Waals surface area (Å²) in [5, 5.41) is 6.10. The van der Waals surface area contributed by atoms with Crippen molar-refractivity contribution in [3.8, 4) is 0 Å². The smallest absolute Gasteiger partial charge is 0.239 e. The summed E-state index contributed by atoms with van der Waals surface area (Å²) in [5.74, 6) is 0.488. The fraction of sp³-hybridized carbons (Fsp3) is 0.462. The minimum Gasteiger partial charge on any atom is -0.375 e. The largest absolute Gasteiger partial charge is 0.375 e. The molecule has 94 valence electrons. The number of carbonyl (C=O) groups is 1. The Morgan fingerprint density at radius 3 is 2.53 bits per heavy atom. The third-order valence-electron chi connectivity index (χ3n) is 2.70. The minimum absolute atomic E-state index is 0.0332. The van der Waals surface area contributed by atoms with Crippen LogP contribution in [0.5, 0.6) is 0 Å². The molecule has 0 spiro atoms. The molecule has 2 N–H and O–H groups in total. The van der Waals surface area contributed by atoms with Gasteiger partial charge in [-0.05, 0) is 47.6 Å². The molecule has 1 aromatic carbocycles. The number of amides is 1. The summed E-state index contributed by atoms with van der Waals surface area (Å²) in [4.78, 5) is 11.7. The Labute approximate surface area is 117 Å². The lowest BCUT2D eigenvalue weighted by atomic mass is 10.1. The maximum atomic E-state index is 11.7. The van der Waals surface area contributed by atoms with E-state index in [-0.39, 0.29) is 11.9 Å². The molecule has 1 atom stereocenters. The molecule has 0 aromatic heterocycles. The second-order valence-corrected chi connectivity index (χ2v) is 5.60. The van der Waals surface area contributed by atoms with Crippen molar-refractivity contribution < 1.29 is 4.79 Å².